The summed E-state index contributed by atoms with van der Waals surface area (Å²) in [5.41, 5.74) is 0.0690. The molecule has 0 unspecified atom stereocenters. The first kappa shape index (κ1) is 17.8. The van der Waals surface area contributed by atoms with Gasteiger partial charge in [-0.25, -0.2) is 0 Å². The van der Waals surface area contributed by atoms with Crippen LogP contribution in [0.4, 0.5) is 0 Å². The van der Waals surface area contributed by atoms with Crippen LogP contribution < -0.4 is 0 Å². The second-order valence-electron chi connectivity index (χ2n) is 7.71. The van der Waals surface area contributed by atoms with E-state index in [1.165, 1.54) is 89.9 Å². The fraction of sp³-hybridized carbons (Fsp3) is 0.950. The van der Waals surface area contributed by atoms with Crippen LogP contribution in [0.1, 0.15) is 103 Å². The third-order valence-electron chi connectivity index (χ3n) is 5.92. The molecule has 1 saturated heterocycles. The molecule has 2 fully saturated rings. The lowest BCUT2D eigenvalue weighted by Gasteiger charge is -2.44. The zero-order valence-electron chi connectivity index (χ0n) is 14.9. The van der Waals surface area contributed by atoms with E-state index in [-0.39, 0.29) is 5.41 Å². The number of amides is 1. The predicted molar refractivity (Wildman–Crippen MR) is 93.9 cm³/mol. The van der Waals surface area contributed by atoms with Crippen LogP contribution in [0.2, 0.25) is 0 Å². The number of piperidine rings is 1. The summed E-state index contributed by atoms with van der Waals surface area (Å²) in [6.07, 6.45) is 19.5. The van der Waals surface area contributed by atoms with Gasteiger partial charge in [0.25, 0.3) is 0 Å². The molecule has 1 amide bonds. The Labute approximate surface area is 138 Å². The molecule has 0 N–H and O–H groups in total. The average molecular weight is 308 g/mol. The number of rotatable bonds is 10. The van der Waals surface area contributed by atoms with Gasteiger partial charge in [0, 0.05) is 18.5 Å². The van der Waals surface area contributed by atoms with Crippen LogP contribution >= 0.6 is 0 Å². The molecule has 0 atom stereocenters. The molecule has 0 aromatic rings. The van der Waals surface area contributed by atoms with Crippen LogP contribution in [0.25, 0.3) is 0 Å². The lowest BCUT2D eigenvalue weighted by atomic mass is 9.64. The van der Waals surface area contributed by atoms with Crippen molar-refractivity contribution in [3.8, 4) is 0 Å². The van der Waals surface area contributed by atoms with Gasteiger partial charge in [0.05, 0.1) is 0 Å². The van der Waals surface area contributed by atoms with Crippen molar-refractivity contribution >= 4 is 5.91 Å². The maximum Gasteiger partial charge on any atom is 0.228 e. The SMILES string of the molecule is CCCCCCCCCCC1(C(=O)N2CCCCC2)CCC1. The van der Waals surface area contributed by atoms with Crippen LogP contribution in [0.3, 0.4) is 0 Å². The van der Waals surface area contributed by atoms with Gasteiger partial charge < -0.3 is 4.90 Å². The molecule has 128 valence electrons. The topological polar surface area (TPSA) is 20.3 Å². The highest BCUT2D eigenvalue weighted by molar-refractivity contribution is 5.83. The van der Waals surface area contributed by atoms with Gasteiger partial charge in [-0.05, 0) is 38.5 Å². The van der Waals surface area contributed by atoms with Crippen molar-refractivity contribution in [3.63, 3.8) is 0 Å². The van der Waals surface area contributed by atoms with Gasteiger partial charge in [-0.3, -0.25) is 4.79 Å². The minimum Gasteiger partial charge on any atom is -0.342 e. The van der Waals surface area contributed by atoms with E-state index in [1.54, 1.807) is 0 Å². The summed E-state index contributed by atoms with van der Waals surface area (Å²) in [6, 6.07) is 0. The van der Waals surface area contributed by atoms with Gasteiger partial charge in [-0.2, -0.15) is 0 Å². The zero-order chi connectivity index (χ0) is 15.7. The highest BCUT2D eigenvalue weighted by Gasteiger charge is 2.45. The Morgan fingerprint density at radius 1 is 0.818 bits per heavy atom. The quantitative estimate of drug-likeness (QED) is 0.474. The van der Waals surface area contributed by atoms with Gasteiger partial charge in [0.2, 0.25) is 5.91 Å². The fourth-order valence-electron chi connectivity index (χ4n) is 4.20. The van der Waals surface area contributed by atoms with E-state index in [1.807, 2.05) is 0 Å². The van der Waals surface area contributed by atoms with Crippen LogP contribution in [0.5, 0.6) is 0 Å². The molecule has 1 heterocycles. The first-order chi connectivity index (χ1) is 10.8. The van der Waals surface area contributed by atoms with Gasteiger partial charge in [-0.15, -0.1) is 0 Å². The standard InChI is InChI=1S/C20H37NO/c1-2-3-4-5-6-7-8-10-14-20(15-13-16-20)19(22)21-17-11-9-12-18-21/h2-18H2,1H3. The molecule has 1 aliphatic heterocycles. The molecule has 0 bridgehead atoms. The van der Waals surface area contributed by atoms with Crippen LogP contribution in [0.15, 0.2) is 0 Å². The van der Waals surface area contributed by atoms with E-state index in [0.29, 0.717) is 5.91 Å². The van der Waals surface area contributed by atoms with E-state index in [0.717, 1.165) is 19.5 Å². The summed E-state index contributed by atoms with van der Waals surface area (Å²) < 4.78 is 0. The molecule has 2 heteroatoms. The maximum atomic E-state index is 12.9. The number of hydrogen-bond donors (Lipinski definition) is 0. The van der Waals surface area contributed by atoms with Crippen LogP contribution in [-0.2, 0) is 4.79 Å². The largest absolute Gasteiger partial charge is 0.342 e. The Bertz CT molecular complexity index is 316. The minimum absolute atomic E-state index is 0.0690. The molecule has 22 heavy (non-hydrogen) atoms. The second-order valence-corrected chi connectivity index (χ2v) is 7.71. The molecule has 2 rings (SSSR count). The van der Waals surface area contributed by atoms with Crippen molar-refractivity contribution in [2.24, 2.45) is 5.41 Å². The fourth-order valence-corrected chi connectivity index (χ4v) is 4.20. The summed E-state index contributed by atoms with van der Waals surface area (Å²) >= 11 is 0. The Hall–Kier alpha value is -0.530. The predicted octanol–water partition coefficient (Wildman–Crippen LogP) is 5.70. The maximum absolute atomic E-state index is 12.9. The van der Waals surface area contributed by atoms with E-state index in [2.05, 4.69) is 11.8 Å². The van der Waals surface area contributed by atoms with E-state index >= 15 is 0 Å². The summed E-state index contributed by atoms with van der Waals surface area (Å²) in [4.78, 5) is 15.1. The van der Waals surface area contributed by atoms with Gasteiger partial charge in [0.15, 0.2) is 0 Å². The Morgan fingerprint density at radius 3 is 1.95 bits per heavy atom. The van der Waals surface area contributed by atoms with Gasteiger partial charge in [0.1, 0.15) is 0 Å². The summed E-state index contributed by atoms with van der Waals surface area (Å²) in [6.45, 7) is 4.33. The third kappa shape index (κ3) is 4.99. The zero-order valence-corrected chi connectivity index (χ0v) is 14.9. The molecule has 2 aliphatic rings. The molecule has 0 aromatic heterocycles. The number of unbranched alkanes of at least 4 members (excludes halogenated alkanes) is 7. The molecule has 2 nitrogen and oxygen atoms in total. The monoisotopic (exact) mass is 307 g/mol. The molecular formula is C20H37NO. The molecular weight excluding hydrogens is 270 g/mol. The summed E-state index contributed by atoms with van der Waals surface area (Å²) in [7, 11) is 0. The second kappa shape index (κ2) is 9.57. The number of hydrogen-bond acceptors (Lipinski definition) is 1. The van der Waals surface area contributed by atoms with E-state index in [9.17, 15) is 4.79 Å². The van der Waals surface area contributed by atoms with Gasteiger partial charge >= 0.3 is 0 Å². The minimum atomic E-state index is 0.0690. The first-order valence-corrected chi connectivity index (χ1v) is 10.1. The molecule has 0 radical (unpaired) electrons. The highest BCUT2D eigenvalue weighted by Crippen LogP contribution is 2.47. The normalized spacial score (nSPS) is 20.7. The summed E-state index contributed by atoms with van der Waals surface area (Å²) in [5, 5.41) is 0. The number of carbonyl (C=O) groups is 1. The van der Waals surface area contributed by atoms with E-state index in [4.69, 9.17) is 0 Å². The Morgan fingerprint density at radius 2 is 1.41 bits per heavy atom. The van der Waals surface area contributed by atoms with Crippen molar-refractivity contribution in [1.82, 2.24) is 4.90 Å². The number of likely N-dealkylation sites (tertiary alicyclic amines) is 1. The number of carbonyl (C=O) groups excluding carboxylic acids is 1. The molecule has 0 aromatic carbocycles. The van der Waals surface area contributed by atoms with Crippen molar-refractivity contribution in [2.45, 2.75) is 103 Å². The van der Waals surface area contributed by atoms with Crippen molar-refractivity contribution < 1.29 is 4.79 Å². The Balaban J connectivity index is 1.62. The lowest BCUT2D eigenvalue weighted by Crippen LogP contribution is -2.49. The molecule has 0 spiro atoms. The van der Waals surface area contributed by atoms with Crippen molar-refractivity contribution in [3.05, 3.63) is 0 Å². The highest BCUT2D eigenvalue weighted by atomic mass is 16.2. The summed E-state index contributed by atoms with van der Waals surface area (Å²) in [5.74, 6) is 0.515. The molecule has 1 saturated carbocycles. The van der Waals surface area contributed by atoms with Gasteiger partial charge in [-0.1, -0.05) is 64.7 Å². The smallest absolute Gasteiger partial charge is 0.228 e. The number of nitrogens with zero attached hydrogens (tertiary/aromatic N) is 1. The molecule has 1 aliphatic carbocycles. The van der Waals surface area contributed by atoms with Crippen LogP contribution in [-0.4, -0.2) is 23.9 Å². The van der Waals surface area contributed by atoms with Crippen LogP contribution in [0, 0.1) is 5.41 Å². The third-order valence-corrected chi connectivity index (χ3v) is 5.92. The van der Waals surface area contributed by atoms with E-state index < -0.39 is 0 Å². The lowest BCUT2D eigenvalue weighted by molar-refractivity contribution is -0.149. The first-order valence-electron chi connectivity index (χ1n) is 10.1. The van der Waals surface area contributed by atoms with Crippen molar-refractivity contribution in [2.75, 3.05) is 13.1 Å². The Kier molecular flexibility index (Phi) is 7.75. The average Bonchev–Trinajstić information content (AvgIpc) is 2.52. The van der Waals surface area contributed by atoms with Crippen molar-refractivity contribution in [1.29, 1.82) is 0 Å².